The highest BCUT2D eigenvalue weighted by Gasteiger charge is 2.29. The largest absolute Gasteiger partial charge is 0.379 e. The molecule has 1 aliphatic heterocycles. The highest BCUT2D eigenvalue weighted by atomic mass is 79.9. The number of halogens is 1. The van der Waals surface area contributed by atoms with Gasteiger partial charge in [0.1, 0.15) is 0 Å². The molecular formula is C20H23BrN2O4S. The highest BCUT2D eigenvalue weighted by Crippen LogP contribution is 2.29. The predicted octanol–water partition coefficient (Wildman–Crippen LogP) is 3.36. The van der Waals surface area contributed by atoms with Gasteiger partial charge in [0, 0.05) is 35.9 Å². The summed E-state index contributed by atoms with van der Waals surface area (Å²) in [5.74, 6) is -0.264. The van der Waals surface area contributed by atoms with Crippen LogP contribution in [0, 0.1) is 13.8 Å². The van der Waals surface area contributed by atoms with Crippen molar-refractivity contribution < 1.29 is 17.9 Å². The molecule has 2 aromatic carbocycles. The smallest absolute Gasteiger partial charge is 0.258 e. The number of sulfonamides is 1. The Balaban J connectivity index is 1.96. The lowest BCUT2D eigenvalue weighted by atomic mass is 10.1. The molecule has 28 heavy (non-hydrogen) atoms. The van der Waals surface area contributed by atoms with E-state index in [2.05, 4.69) is 15.9 Å². The molecule has 0 spiro atoms. The average Bonchev–Trinajstić information content (AvgIpc) is 2.70. The number of nitrogens with zero attached hydrogens (tertiary/aromatic N) is 2. The lowest BCUT2D eigenvalue weighted by Crippen LogP contribution is -2.40. The molecule has 1 saturated heterocycles. The molecule has 0 bridgehead atoms. The zero-order chi connectivity index (χ0) is 20.5. The van der Waals surface area contributed by atoms with Crippen molar-refractivity contribution in [2.75, 3.05) is 38.3 Å². The SMILES string of the molecule is Cc1cccc(N(C)C(=O)c2ccc(Br)c(S(=O)(=O)N3CCOCC3)c2)c1C. The number of benzene rings is 2. The zero-order valence-electron chi connectivity index (χ0n) is 16.1. The number of anilines is 1. The predicted molar refractivity (Wildman–Crippen MR) is 112 cm³/mol. The third-order valence-corrected chi connectivity index (χ3v) is 7.90. The van der Waals surface area contributed by atoms with E-state index in [9.17, 15) is 13.2 Å². The second-order valence-corrected chi connectivity index (χ2v) is 9.51. The summed E-state index contributed by atoms with van der Waals surface area (Å²) in [6.07, 6.45) is 0. The monoisotopic (exact) mass is 466 g/mol. The maximum atomic E-state index is 13.1. The Morgan fingerprint density at radius 3 is 2.50 bits per heavy atom. The summed E-state index contributed by atoms with van der Waals surface area (Å²) in [6, 6.07) is 10.5. The van der Waals surface area contributed by atoms with E-state index in [1.807, 2.05) is 32.0 Å². The van der Waals surface area contributed by atoms with Crippen LogP contribution in [-0.2, 0) is 14.8 Å². The van der Waals surface area contributed by atoms with Gasteiger partial charge in [0.2, 0.25) is 10.0 Å². The van der Waals surface area contributed by atoms with Gasteiger partial charge < -0.3 is 9.64 Å². The van der Waals surface area contributed by atoms with Crippen LogP contribution >= 0.6 is 15.9 Å². The van der Waals surface area contributed by atoms with Gasteiger partial charge >= 0.3 is 0 Å². The maximum absolute atomic E-state index is 13.1. The van der Waals surface area contributed by atoms with Gasteiger partial charge in [0.15, 0.2) is 0 Å². The van der Waals surface area contributed by atoms with Crippen LogP contribution in [-0.4, -0.2) is 52.0 Å². The van der Waals surface area contributed by atoms with Crippen molar-refractivity contribution in [2.45, 2.75) is 18.7 Å². The molecule has 0 aliphatic carbocycles. The number of carbonyl (C=O) groups excluding carboxylic acids is 1. The molecule has 1 heterocycles. The van der Waals surface area contributed by atoms with Crippen LogP contribution in [0.2, 0.25) is 0 Å². The summed E-state index contributed by atoms with van der Waals surface area (Å²) in [7, 11) is -2.02. The molecule has 3 rings (SSSR count). The molecular weight excluding hydrogens is 444 g/mol. The number of aryl methyl sites for hydroxylation is 1. The van der Waals surface area contributed by atoms with Crippen molar-refractivity contribution >= 4 is 37.5 Å². The lowest BCUT2D eigenvalue weighted by Gasteiger charge is -2.27. The molecule has 0 N–H and O–H groups in total. The lowest BCUT2D eigenvalue weighted by molar-refractivity contribution is 0.0730. The Bertz CT molecular complexity index is 1000. The molecule has 6 nitrogen and oxygen atoms in total. The third-order valence-electron chi connectivity index (χ3n) is 5.01. The minimum atomic E-state index is -3.72. The summed E-state index contributed by atoms with van der Waals surface area (Å²) in [5, 5.41) is 0. The fourth-order valence-electron chi connectivity index (χ4n) is 3.16. The van der Waals surface area contributed by atoms with Crippen molar-refractivity contribution in [3.05, 3.63) is 57.6 Å². The molecule has 8 heteroatoms. The van der Waals surface area contributed by atoms with Gasteiger partial charge in [-0.1, -0.05) is 12.1 Å². The topological polar surface area (TPSA) is 66.9 Å². The number of hydrogen-bond acceptors (Lipinski definition) is 4. The first-order valence-electron chi connectivity index (χ1n) is 8.95. The Morgan fingerprint density at radius 1 is 1.14 bits per heavy atom. The summed E-state index contributed by atoms with van der Waals surface area (Å²) >= 11 is 3.32. The number of carbonyl (C=O) groups is 1. The quantitative estimate of drug-likeness (QED) is 0.692. The first-order valence-corrected chi connectivity index (χ1v) is 11.2. The summed E-state index contributed by atoms with van der Waals surface area (Å²) in [4.78, 5) is 14.7. The van der Waals surface area contributed by atoms with E-state index in [4.69, 9.17) is 4.74 Å². The summed E-state index contributed by atoms with van der Waals surface area (Å²) in [6.45, 7) is 5.29. The number of rotatable bonds is 4. The Labute approximate surface area is 174 Å². The van der Waals surface area contributed by atoms with E-state index < -0.39 is 10.0 Å². The van der Waals surface area contributed by atoms with Crippen molar-refractivity contribution in [3.8, 4) is 0 Å². The van der Waals surface area contributed by atoms with Crippen LogP contribution in [0.1, 0.15) is 21.5 Å². The molecule has 1 amide bonds. The van der Waals surface area contributed by atoms with Crippen molar-refractivity contribution in [1.29, 1.82) is 0 Å². The molecule has 1 fully saturated rings. The van der Waals surface area contributed by atoms with Gasteiger partial charge in [-0.05, 0) is 65.2 Å². The van der Waals surface area contributed by atoms with Crippen LogP contribution in [0.5, 0.6) is 0 Å². The van der Waals surface area contributed by atoms with Gasteiger partial charge in [0.25, 0.3) is 5.91 Å². The van der Waals surface area contributed by atoms with E-state index in [1.54, 1.807) is 24.1 Å². The van der Waals surface area contributed by atoms with Crippen molar-refractivity contribution in [2.24, 2.45) is 0 Å². The van der Waals surface area contributed by atoms with Gasteiger partial charge in [-0.2, -0.15) is 4.31 Å². The standard InChI is InChI=1S/C20H23BrN2O4S/c1-14-5-4-6-18(15(14)2)22(3)20(24)16-7-8-17(21)19(13-16)28(25,26)23-9-11-27-12-10-23/h4-8,13H,9-12H2,1-3H3. The second-order valence-electron chi connectivity index (χ2n) is 6.74. The van der Waals surface area contributed by atoms with Crippen LogP contribution in [0.3, 0.4) is 0 Å². The molecule has 150 valence electrons. The number of hydrogen-bond donors (Lipinski definition) is 0. The Hall–Kier alpha value is -1.74. The molecule has 0 saturated carbocycles. The molecule has 1 aliphatic rings. The van der Waals surface area contributed by atoms with E-state index in [0.717, 1.165) is 16.8 Å². The Morgan fingerprint density at radius 2 is 1.82 bits per heavy atom. The fourth-order valence-corrected chi connectivity index (χ4v) is 5.52. The van der Waals surface area contributed by atoms with Gasteiger partial charge in [-0.3, -0.25) is 4.79 Å². The number of ether oxygens (including phenoxy) is 1. The molecule has 0 aromatic heterocycles. The first-order chi connectivity index (χ1) is 13.2. The minimum Gasteiger partial charge on any atom is -0.379 e. The fraction of sp³-hybridized carbons (Fsp3) is 0.350. The van der Waals surface area contributed by atoms with Gasteiger partial charge in [-0.25, -0.2) is 8.42 Å². The van der Waals surface area contributed by atoms with Crippen LogP contribution in [0.4, 0.5) is 5.69 Å². The van der Waals surface area contributed by atoms with E-state index in [-0.39, 0.29) is 10.8 Å². The minimum absolute atomic E-state index is 0.0922. The van der Waals surface area contributed by atoms with Crippen LogP contribution in [0.15, 0.2) is 45.8 Å². The zero-order valence-corrected chi connectivity index (χ0v) is 18.5. The van der Waals surface area contributed by atoms with Crippen LogP contribution in [0.25, 0.3) is 0 Å². The number of amides is 1. The summed E-state index contributed by atoms with van der Waals surface area (Å²) < 4.78 is 33.1. The summed E-state index contributed by atoms with van der Waals surface area (Å²) in [5.41, 5.74) is 3.21. The maximum Gasteiger partial charge on any atom is 0.258 e. The van der Waals surface area contributed by atoms with Crippen molar-refractivity contribution in [3.63, 3.8) is 0 Å². The first kappa shape index (κ1) is 21.0. The Kier molecular flexibility index (Phi) is 6.24. The second kappa shape index (κ2) is 8.32. The molecule has 2 aromatic rings. The highest BCUT2D eigenvalue weighted by molar-refractivity contribution is 9.10. The average molecular weight is 467 g/mol. The van der Waals surface area contributed by atoms with E-state index in [1.165, 1.54) is 10.4 Å². The van der Waals surface area contributed by atoms with Crippen molar-refractivity contribution in [1.82, 2.24) is 4.31 Å². The molecule has 0 radical (unpaired) electrons. The normalized spacial score (nSPS) is 15.4. The van der Waals surface area contributed by atoms with Crippen LogP contribution < -0.4 is 4.90 Å². The van der Waals surface area contributed by atoms with E-state index >= 15 is 0 Å². The van der Waals surface area contributed by atoms with Gasteiger partial charge in [0.05, 0.1) is 18.1 Å². The molecule has 0 unspecified atom stereocenters. The van der Waals surface area contributed by atoms with Gasteiger partial charge in [-0.15, -0.1) is 0 Å². The molecule has 0 atom stereocenters. The number of morpholine rings is 1. The third kappa shape index (κ3) is 4.00. The van der Waals surface area contributed by atoms with E-state index in [0.29, 0.717) is 36.3 Å².